The number of hydrogen-bond donors (Lipinski definition) is 1. The molecule has 8 heteroatoms. The number of halogens is 1. The van der Waals surface area contributed by atoms with Gasteiger partial charge in [-0.3, -0.25) is 10.1 Å². The number of thioether (sulfide) groups is 1. The van der Waals surface area contributed by atoms with Gasteiger partial charge in [-0.15, -0.1) is 21.5 Å². The molecule has 0 aliphatic carbocycles. The molecule has 1 N–H and O–H groups in total. The van der Waals surface area contributed by atoms with Gasteiger partial charge >= 0.3 is 0 Å². The summed E-state index contributed by atoms with van der Waals surface area (Å²) in [7, 11) is 0. The summed E-state index contributed by atoms with van der Waals surface area (Å²) in [6.07, 6.45) is 0. The minimum atomic E-state index is -0.220. The average Bonchev–Trinajstić information content (AvgIpc) is 3.17. The number of carbonyl (C=O) groups is 1. The van der Waals surface area contributed by atoms with E-state index >= 15 is 0 Å². The number of benzene rings is 1. The second kappa shape index (κ2) is 7.23. The molecule has 0 aliphatic heterocycles. The molecule has 0 atom stereocenters. The number of thiophene rings is 1. The van der Waals surface area contributed by atoms with E-state index in [4.69, 9.17) is 11.6 Å². The Kier molecular flexibility index (Phi) is 5.09. The Balaban J connectivity index is 1.59. The van der Waals surface area contributed by atoms with Gasteiger partial charge < -0.3 is 0 Å². The molecule has 2 heterocycles. The molecular weight excluding hydrogens is 358 g/mol. The zero-order valence-electron chi connectivity index (χ0n) is 11.2. The summed E-state index contributed by atoms with van der Waals surface area (Å²) >= 11 is 10.5. The van der Waals surface area contributed by atoms with Gasteiger partial charge in [0.05, 0.1) is 0 Å². The van der Waals surface area contributed by atoms with Crippen LogP contribution in [0.15, 0.2) is 46.1 Å². The van der Waals surface area contributed by atoms with Crippen molar-refractivity contribution in [1.82, 2.24) is 10.2 Å². The van der Waals surface area contributed by atoms with E-state index in [-0.39, 0.29) is 5.91 Å². The van der Waals surface area contributed by atoms with Gasteiger partial charge in [0, 0.05) is 21.2 Å². The molecule has 4 nitrogen and oxygen atoms in total. The molecule has 0 bridgehead atoms. The smallest absolute Gasteiger partial charge is 0.257 e. The summed E-state index contributed by atoms with van der Waals surface area (Å²) in [6, 6.07) is 10.8. The highest BCUT2D eigenvalue weighted by Crippen LogP contribution is 2.29. The van der Waals surface area contributed by atoms with Gasteiger partial charge in [-0.2, -0.15) is 0 Å². The van der Waals surface area contributed by atoms with Crippen LogP contribution in [0.5, 0.6) is 0 Å². The monoisotopic (exact) mass is 367 g/mol. The van der Waals surface area contributed by atoms with Crippen molar-refractivity contribution in [1.29, 1.82) is 0 Å². The molecule has 0 radical (unpaired) electrons. The van der Waals surface area contributed by atoms with Gasteiger partial charge in [-0.1, -0.05) is 40.8 Å². The minimum absolute atomic E-state index is 0.220. The summed E-state index contributed by atoms with van der Waals surface area (Å²) < 4.78 is 0.833. The van der Waals surface area contributed by atoms with E-state index in [1.807, 2.05) is 11.4 Å². The SMILES string of the molecule is O=C(Nc1nnc(SCc2cccs2)s1)c1ccc(Cl)cc1. The Hall–Kier alpha value is -1.41. The summed E-state index contributed by atoms with van der Waals surface area (Å²) in [5.41, 5.74) is 0.535. The van der Waals surface area contributed by atoms with Crippen molar-refractivity contribution in [3.05, 3.63) is 57.2 Å². The highest BCUT2D eigenvalue weighted by atomic mass is 35.5. The Bertz CT molecular complexity index is 756. The third-order valence-corrected chi connectivity index (χ3v) is 5.98. The summed E-state index contributed by atoms with van der Waals surface area (Å²) in [5, 5.41) is 14.0. The molecule has 3 rings (SSSR count). The van der Waals surface area contributed by atoms with Crippen LogP contribution in [-0.2, 0) is 5.75 Å². The highest BCUT2D eigenvalue weighted by molar-refractivity contribution is 8.00. The number of hydrogen-bond acceptors (Lipinski definition) is 6. The number of carbonyl (C=O) groups excluding carboxylic acids is 1. The van der Waals surface area contributed by atoms with Crippen molar-refractivity contribution < 1.29 is 4.79 Å². The zero-order valence-corrected chi connectivity index (χ0v) is 14.4. The molecular formula is C14H10ClN3OS3. The van der Waals surface area contributed by atoms with Crippen LogP contribution < -0.4 is 5.32 Å². The first-order valence-corrected chi connectivity index (χ1v) is 9.32. The predicted octanol–water partition coefficient (Wildman–Crippen LogP) is 4.80. The number of aromatic nitrogens is 2. The van der Waals surface area contributed by atoms with Crippen molar-refractivity contribution in [3.8, 4) is 0 Å². The van der Waals surface area contributed by atoms with E-state index in [1.54, 1.807) is 47.4 Å². The lowest BCUT2D eigenvalue weighted by molar-refractivity contribution is 0.102. The Morgan fingerprint density at radius 3 is 2.77 bits per heavy atom. The molecule has 1 aromatic carbocycles. The number of anilines is 1. The van der Waals surface area contributed by atoms with Gasteiger partial charge in [0.15, 0.2) is 4.34 Å². The van der Waals surface area contributed by atoms with E-state index in [1.165, 1.54) is 16.2 Å². The molecule has 0 spiro atoms. The molecule has 0 aliphatic rings. The maximum Gasteiger partial charge on any atom is 0.257 e. The summed E-state index contributed by atoms with van der Waals surface area (Å²) in [5.74, 6) is 0.639. The normalized spacial score (nSPS) is 10.6. The Morgan fingerprint density at radius 2 is 2.05 bits per heavy atom. The quantitative estimate of drug-likeness (QED) is 0.520. The predicted molar refractivity (Wildman–Crippen MR) is 93.2 cm³/mol. The van der Waals surface area contributed by atoms with Crippen LogP contribution in [-0.4, -0.2) is 16.1 Å². The van der Waals surface area contributed by atoms with Gasteiger partial charge in [0.25, 0.3) is 5.91 Å². The lowest BCUT2D eigenvalue weighted by atomic mass is 10.2. The van der Waals surface area contributed by atoms with Crippen molar-refractivity contribution in [3.63, 3.8) is 0 Å². The molecule has 0 unspecified atom stereocenters. The van der Waals surface area contributed by atoms with Crippen molar-refractivity contribution in [2.75, 3.05) is 5.32 Å². The van der Waals surface area contributed by atoms with Crippen molar-refractivity contribution in [2.24, 2.45) is 0 Å². The van der Waals surface area contributed by atoms with Crippen LogP contribution in [0, 0.1) is 0 Å². The maximum absolute atomic E-state index is 12.1. The molecule has 0 saturated carbocycles. The molecule has 1 amide bonds. The van der Waals surface area contributed by atoms with Gasteiger partial charge in [0.1, 0.15) is 0 Å². The first-order valence-electron chi connectivity index (χ1n) is 6.26. The molecule has 2 aromatic heterocycles. The zero-order chi connectivity index (χ0) is 15.4. The van der Waals surface area contributed by atoms with E-state index in [9.17, 15) is 4.79 Å². The Labute approximate surface area is 144 Å². The van der Waals surface area contributed by atoms with Crippen LogP contribution in [0.25, 0.3) is 0 Å². The number of nitrogens with zero attached hydrogens (tertiary/aromatic N) is 2. The largest absolute Gasteiger partial charge is 0.296 e. The lowest BCUT2D eigenvalue weighted by Crippen LogP contribution is -2.11. The molecule has 112 valence electrons. The Morgan fingerprint density at radius 1 is 1.23 bits per heavy atom. The fraction of sp³-hybridized carbons (Fsp3) is 0.0714. The van der Waals surface area contributed by atoms with E-state index in [0.717, 1.165) is 10.1 Å². The molecule has 0 saturated heterocycles. The van der Waals surface area contributed by atoms with Crippen LogP contribution in [0.1, 0.15) is 15.2 Å². The van der Waals surface area contributed by atoms with Gasteiger partial charge in [0.2, 0.25) is 5.13 Å². The highest BCUT2D eigenvalue weighted by Gasteiger charge is 2.10. The van der Waals surface area contributed by atoms with E-state index < -0.39 is 0 Å². The third kappa shape index (κ3) is 4.07. The third-order valence-electron chi connectivity index (χ3n) is 2.65. The number of nitrogens with one attached hydrogen (secondary N) is 1. The van der Waals surface area contributed by atoms with Crippen LogP contribution in [0.3, 0.4) is 0 Å². The van der Waals surface area contributed by atoms with Crippen molar-refractivity contribution in [2.45, 2.75) is 10.1 Å². The van der Waals surface area contributed by atoms with Gasteiger partial charge in [-0.05, 0) is 35.7 Å². The fourth-order valence-electron chi connectivity index (χ4n) is 1.62. The maximum atomic E-state index is 12.1. The lowest BCUT2D eigenvalue weighted by Gasteiger charge is -2.00. The molecule has 3 aromatic rings. The number of amides is 1. The standard InChI is InChI=1S/C14H10ClN3OS3/c15-10-5-3-9(4-6-10)12(19)16-13-17-18-14(22-13)21-8-11-2-1-7-20-11/h1-7H,8H2,(H,16,17,19). The topological polar surface area (TPSA) is 54.9 Å². The molecule has 0 fully saturated rings. The average molecular weight is 368 g/mol. The van der Waals surface area contributed by atoms with Crippen LogP contribution >= 0.6 is 46.0 Å². The fourth-order valence-corrected chi connectivity index (χ4v) is 4.26. The molecule has 22 heavy (non-hydrogen) atoms. The van der Waals surface area contributed by atoms with E-state index in [0.29, 0.717) is 15.7 Å². The van der Waals surface area contributed by atoms with Crippen molar-refractivity contribution >= 4 is 57.1 Å². The second-order valence-electron chi connectivity index (χ2n) is 4.20. The summed E-state index contributed by atoms with van der Waals surface area (Å²) in [6.45, 7) is 0. The van der Waals surface area contributed by atoms with Crippen LogP contribution in [0.2, 0.25) is 5.02 Å². The first-order chi connectivity index (χ1) is 10.7. The number of rotatable bonds is 5. The second-order valence-corrected chi connectivity index (χ2v) is 7.87. The van der Waals surface area contributed by atoms with Crippen LogP contribution in [0.4, 0.5) is 5.13 Å². The summed E-state index contributed by atoms with van der Waals surface area (Å²) in [4.78, 5) is 13.3. The first kappa shape index (κ1) is 15.5. The van der Waals surface area contributed by atoms with E-state index in [2.05, 4.69) is 21.6 Å². The minimum Gasteiger partial charge on any atom is -0.296 e. The van der Waals surface area contributed by atoms with Gasteiger partial charge in [-0.25, -0.2) is 0 Å².